The lowest BCUT2D eigenvalue weighted by molar-refractivity contribution is -0.156. The number of hydrogen-bond acceptors (Lipinski definition) is 8. The topological polar surface area (TPSA) is 96.2 Å². The number of fused-ring (bicyclic) bond motifs is 1. The van der Waals surface area contributed by atoms with Crippen molar-refractivity contribution in [3.8, 4) is 23.3 Å². The number of esters is 1. The van der Waals surface area contributed by atoms with Crippen LogP contribution in [-0.2, 0) is 38.8 Å². The van der Waals surface area contributed by atoms with Gasteiger partial charge in [0.15, 0.2) is 0 Å². The fraction of sp³-hybridized carbons (Fsp3) is 0.450. The number of carbonyl (C=O) groups excluding carboxylic acids is 1. The number of hydrogen-bond donors (Lipinski definition) is 0. The highest BCUT2D eigenvalue weighted by Crippen LogP contribution is 2.55. The first-order valence-corrected chi connectivity index (χ1v) is 16.6. The Morgan fingerprint density at radius 2 is 1.21 bits per heavy atom. The summed E-state index contributed by atoms with van der Waals surface area (Å²) in [7, 11) is 4.91. The second kappa shape index (κ2) is 15.7. The minimum Gasteiger partial charge on any atom is -0.497 e. The molecule has 254 valence electrons. The molecule has 0 radical (unpaired) electrons. The smallest absolute Gasteiger partial charge is 0.309 e. The largest absolute Gasteiger partial charge is 0.497 e. The van der Waals surface area contributed by atoms with Crippen molar-refractivity contribution >= 4 is 5.97 Å². The Kier molecular flexibility index (Phi) is 11.5. The molecule has 0 unspecified atom stereocenters. The zero-order valence-corrected chi connectivity index (χ0v) is 28.8. The van der Waals surface area contributed by atoms with Gasteiger partial charge in [-0.3, -0.25) is 4.79 Å². The zero-order valence-electron chi connectivity index (χ0n) is 28.8. The summed E-state index contributed by atoms with van der Waals surface area (Å²) in [5.74, 6) is 1.46. The van der Waals surface area contributed by atoms with E-state index in [1.165, 1.54) is 0 Å². The van der Waals surface area contributed by atoms with Crippen LogP contribution in [-0.4, -0.2) is 39.5 Å². The van der Waals surface area contributed by atoms with Crippen LogP contribution in [0, 0.1) is 40.4 Å². The summed E-state index contributed by atoms with van der Waals surface area (Å²) in [4.78, 5) is 13.7. The van der Waals surface area contributed by atoms with E-state index >= 15 is 0 Å². The summed E-state index contributed by atoms with van der Waals surface area (Å²) >= 11 is 0. The number of carbonyl (C=O) groups is 1. The second-order valence-corrected chi connectivity index (χ2v) is 13.2. The number of rotatable bonds is 13. The minimum atomic E-state index is -0.716. The molecule has 8 nitrogen and oxygen atoms in total. The molecule has 48 heavy (non-hydrogen) atoms. The molecule has 0 heterocycles. The monoisotopic (exact) mass is 653 g/mol. The van der Waals surface area contributed by atoms with Gasteiger partial charge in [-0.2, -0.15) is 5.26 Å². The van der Waals surface area contributed by atoms with E-state index in [2.05, 4.69) is 26.0 Å². The Bertz CT molecular complexity index is 1580. The van der Waals surface area contributed by atoms with Gasteiger partial charge < -0.3 is 28.4 Å². The lowest BCUT2D eigenvalue weighted by atomic mass is 9.55. The number of methoxy groups -OCH3 is 3. The molecule has 0 bridgehead atoms. The lowest BCUT2D eigenvalue weighted by Crippen LogP contribution is -2.52. The van der Waals surface area contributed by atoms with Gasteiger partial charge >= 0.3 is 5.97 Å². The first kappa shape index (κ1) is 35.0. The molecule has 8 heteroatoms. The quantitative estimate of drug-likeness (QED) is 0.137. The summed E-state index contributed by atoms with van der Waals surface area (Å²) in [5.41, 5.74) is 3.09. The molecule has 0 N–H and O–H groups in total. The van der Waals surface area contributed by atoms with Crippen LogP contribution < -0.4 is 14.2 Å². The van der Waals surface area contributed by atoms with Gasteiger partial charge in [-0.1, -0.05) is 63.2 Å². The van der Waals surface area contributed by atoms with Crippen LogP contribution in [0.4, 0.5) is 0 Å². The van der Waals surface area contributed by atoms with E-state index in [0.29, 0.717) is 26.1 Å². The number of benzene rings is 3. The van der Waals surface area contributed by atoms with Crippen molar-refractivity contribution in [1.82, 2.24) is 0 Å². The third-order valence-corrected chi connectivity index (χ3v) is 10.0. The van der Waals surface area contributed by atoms with Crippen molar-refractivity contribution in [2.75, 3.05) is 21.3 Å². The van der Waals surface area contributed by atoms with Gasteiger partial charge in [0.25, 0.3) is 0 Å². The minimum absolute atomic E-state index is 0.0233. The van der Waals surface area contributed by atoms with E-state index in [1.807, 2.05) is 79.7 Å². The van der Waals surface area contributed by atoms with Gasteiger partial charge in [-0.05, 0) is 83.3 Å². The molecular formula is C40H47NO7. The Morgan fingerprint density at radius 1 is 0.750 bits per heavy atom. The SMILES string of the molecule is COc1ccc(COC(=O)[C@@H](C)[C@@H]2[C@@H](C)C[C@]3(C#N)C[C@@H](C)[C@H](OCc4ccc(OC)cc4)C=C3[C@@H]2OCc2ccc(OC)cc2)cc1. The maximum atomic E-state index is 13.7. The van der Waals surface area contributed by atoms with Crippen molar-refractivity contribution in [2.24, 2.45) is 29.1 Å². The summed E-state index contributed by atoms with van der Waals surface area (Å²) in [5, 5.41) is 10.8. The Balaban J connectivity index is 1.42. The highest BCUT2D eigenvalue weighted by molar-refractivity contribution is 5.72. The van der Waals surface area contributed by atoms with Crippen LogP contribution in [0.1, 0.15) is 50.3 Å². The highest BCUT2D eigenvalue weighted by atomic mass is 16.5. The van der Waals surface area contributed by atoms with E-state index in [1.54, 1.807) is 21.3 Å². The molecular weight excluding hydrogens is 606 g/mol. The van der Waals surface area contributed by atoms with Gasteiger partial charge in [-0.25, -0.2) is 0 Å². The van der Waals surface area contributed by atoms with Crippen molar-refractivity contribution in [3.63, 3.8) is 0 Å². The van der Waals surface area contributed by atoms with Crippen molar-refractivity contribution in [2.45, 2.75) is 65.6 Å². The molecule has 5 rings (SSSR count). The summed E-state index contributed by atoms with van der Waals surface area (Å²) < 4.78 is 35.1. The molecule has 1 fully saturated rings. The number of ether oxygens (including phenoxy) is 6. The average molecular weight is 654 g/mol. The molecule has 0 aliphatic heterocycles. The molecule has 0 spiro atoms. The summed E-state index contributed by atoms with van der Waals surface area (Å²) in [6, 6.07) is 25.8. The third kappa shape index (κ3) is 7.86. The van der Waals surface area contributed by atoms with E-state index in [0.717, 1.165) is 39.5 Å². The molecule has 3 aromatic rings. The van der Waals surface area contributed by atoms with Gasteiger partial charge in [0, 0.05) is 5.92 Å². The normalized spacial score (nSPS) is 25.5. The molecule has 1 saturated carbocycles. The lowest BCUT2D eigenvalue weighted by Gasteiger charge is -2.51. The maximum Gasteiger partial charge on any atom is 0.309 e. The van der Waals surface area contributed by atoms with Gasteiger partial charge in [0.05, 0.1) is 64.2 Å². The van der Waals surface area contributed by atoms with Crippen LogP contribution in [0.5, 0.6) is 17.2 Å². The Hall–Kier alpha value is -4.32. The van der Waals surface area contributed by atoms with Crippen LogP contribution in [0.2, 0.25) is 0 Å². The standard InChI is InChI=1S/C40H47NO7/c1-26-20-40(25-41)21-27(2)37(28(3)39(42)48-24-31-11-17-34(45-6)18-12-31)38(47-23-30-9-15-33(44-5)16-10-30)35(40)19-36(26)46-22-29-7-13-32(43-4)14-8-29/h7-19,26-28,36-38H,20-24H2,1-6H3/t26-,27+,28+,36-,37+,38+,40+/m1/s1. The van der Waals surface area contributed by atoms with Gasteiger partial charge in [-0.15, -0.1) is 0 Å². The Labute approximate surface area is 284 Å². The average Bonchev–Trinajstić information content (AvgIpc) is 3.12. The van der Waals surface area contributed by atoms with Crippen molar-refractivity contribution < 1.29 is 33.2 Å². The molecule has 2 aliphatic carbocycles. The van der Waals surface area contributed by atoms with E-state index in [-0.39, 0.29) is 36.4 Å². The first-order chi connectivity index (χ1) is 23.2. The van der Waals surface area contributed by atoms with Gasteiger partial charge in [0.1, 0.15) is 23.9 Å². The maximum absolute atomic E-state index is 13.7. The molecule has 0 aromatic heterocycles. The molecule has 0 saturated heterocycles. The molecule has 7 atom stereocenters. The van der Waals surface area contributed by atoms with E-state index < -0.39 is 17.4 Å². The second-order valence-electron chi connectivity index (χ2n) is 13.2. The summed E-state index contributed by atoms with van der Waals surface area (Å²) in [6.07, 6.45) is 2.70. The van der Waals surface area contributed by atoms with Crippen LogP contribution >= 0.6 is 0 Å². The van der Waals surface area contributed by atoms with Crippen molar-refractivity contribution in [1.29, 1.82) is 5.26 Å². The fourth-order valence-electron chi connectivity index (χ4n) is 7.36. The molecule has 0 amide bonds. The third-order valence-electron chi connectivity index (χ3n) is 10.0. The van der Waals surface area contributed by atoms with Crippen LogP contribution in [0.25, 0.3) is 0 Å². The zero-order chi connectivity index (χ0) is 34.3. The van der Waals surface area contributed by atoms with E-state index in [9.17, 15) is 10.1 Å². The van der Waals surface area contributed by atoms with Gasteiger partial charge in [0.2, 0.25) is 0 Å². The number of nitrogens with zero attached hydrogens (tertiary/aromatic N) is 1. The molecule has 2 aliphatic rings. The predicted molar refractivity (Wildman–Crippen MR) is 182 cm³/mol. The highest BCUT2D eigenvalue weighted by Gasteiger charge is 2.54. The Morgan fingerprint density at radius 3 is 1.69 bits per heavy atom. The summed E-state index contributed by atoms with van der Waals surface area (Å²) in [6.45, 7) is 7.10. The van der Waals surface area contributed by atoms with Crippen LogP contribution in [0.3, 0.4) is 0 Å². The van der Waals surface area contributed by atoms with Crippen molar-refractivity contribution in [3.05, 3.63) is 101 Å². The van der Waals surface area contributed by atoms with Crippen LogP contribution in [0.15, 0.2) is 84.4 Å². The number of nitriles is 1. The molecule has 3 aromatic carbocycles. The predicted octanol–water partition coefficient (Wildman–Crippen LogP) is 7.69. The first-order valence-electron chi connectivity index (χ1n) is 16.6. The van der Waals surface area contributed by atoms with E-state index in [4.69, 9.17) is 28.4 Å². The fourth-order valence-corrected chi connectivity index (χ4v) is 7.36.